The minimum Gasteiger partial charge on any atom is -0.496 e. The van der Waals surface area contributed by atoms with E-state index in [0.717, 1.165) is 11.3 Å². The van der Waals surface area contributed by atoms with Crippen LogP contribution in [0.15, 0.2) is 28.7 Å². The second-order valence-corrected chi connectivity index (χ2v) is 3.48. The smallest absolute Gasteiger partial charge is 0.231 e. The van der Waals surface area contributed by atoms with Crippen molar-refractivity contribution in [2.75, 3.05) is 7.11 Å². The van der Waals surface area contributed by atoms with Crippen LogP contribution in [0.2, 0.25) is 0 Å². The van der Waals surface area contributed by atoms with E-state index in [9.17, 15) is 0 Å². The molecule has 0 atom stereocenters. The first-order chi connectivity index (χ1) is 7.83. The molecular formula is C11H11ClN2O2. The molecular weight excluding hydrogens is 228 g/mol. The molecule has 2 aromatic rings. The van der Waals surface area contributed by atoms with Crippen LogP contribution in [0.3, 0.4) is 0 Å². The number of nitrogens with zero attached hydrogens (tertiary/aromatic N) is 2. The van der Waals surface area contributed by atoms with Gasteiger partial charge in [-0.25, -0.2) is 0 Å². The van der Waals surface area contributed by atoms with Crippen molar-refractivity contribution in [3.8, 4) is 5.75 Å². The second-order valence-electron chi connectivity index (χ2n) is 3.21. The van der Waals surface area contributed by atoms with Crippen molar-refractivity contribution in [1.29, 1.82) is 0 Å². The molecule has 0 spiro atoms. The molecule has 1 aromatic heterocycles. The molecule has 0 unspecified atom stereocenters. The highest BCUT2D eigenvalue weighted by molar-refractivity contribution is 6.16. The molecule has 0 bridgehead atoms. The molecule has 0 saturated carbocycles. The molecule has 0 aliphatic carbocycles. The van der Waals surface area contributed by atoms with Gasteiger partial charge in [-0.15, -0.1) is 21.8 Å². The summed E-state index contributed by atoms with van der Waals surface area (Å²) >= 11 is 5.58. The number of para-hydroxylation sites is 1. The van der Waals surface area contributed by atoms with Crippen LogP contribution >= 0.6 is 11.6 Å². The van der Waals surface area contributed by atoms with E-state index in [1.807, 2.05) is 24.3 Å². The van der Waals surface area contributed by atoms with Gasteiger partial charge in [0.1, 0.15) is 11.6 Å². The third-order valence-electron chi connectivity index (χ3n) is 2.16. The fourth-order valence-corrected chi connectivity index (χ4v) is 1.53. The summed E-state index contributed by atoms with van der Waals surface area (Å²) in [5.74, 6) is 2.03. The average molecular weight is 239 g/mol. The maximum atomic E-state index is 5.58. The molecule has 0 N–H and O–H groups in total. The third kappa shape index (κ3) is 2.33. The van der Waals surface area contributed by atoms with E-state index in [-0.39, 0.29) is 5.88 Å². The quantitative estimate of drug-likeness (QED) is 0.768. The molecule has 4 nitrogen and oxygen atoms in total. The van der Waals surface area contributed by atoms with Gasteiger partial charge in [0.25, 0.3) is 0 Å². The Hall–Kier alpha value is -1.55. The van der Waals surface area contributed by atoms with Crippen molar-refractivity contribution in [2.45, 2.75) is 12.3 Å². The van der Waals surface area contributed by atoms with Crippen molar-refractivity contribution >= 4 is 11.6 Å². The van der Waals surface area contributed by atoms with Gasteiger partial charge >= 0.3 is 0 Å². The lowest BCUT2D eigenvalue weighted by molar-refractivity contribution is 0.407. The highest BCUT2D eigenvalue weighted by Gasteiger charge is 2.09. The highest BCUT2D eigenvalue weighted by Crippen LogP contribution is 2.20. The zero-order valence-electron chi connectivity index (χ0n) is 8.81. The van der Waals surface area contributed by atoms with E-state index >= 15 is 0 Å². The zero-order chi connectivity index (χ0) is 11.4. The lowest BCUT2D eigenvalue weighted by atomic mass is 10.1. The third-order valence-corrected chi connectivity index (χ3v) is 2.39. The number of alkyl halides is 1. The summed E-state index contributed by atoms with van der Waals surface area (Å²) in [7, 11) is 1.64. The predicted molar refractivity (Wildman–Crippen MR) is 59.7 cm³/mol. The lowest BCUT2D eigenvalue weighted by Gasteiger charge is -2.04. The van der Waals surface area contributed by atoms with Gasteiger partial charge in [0, 0.05) is 5.56 Å². The molecule has 84 valence electrons. The van der Waals surface area contributed by atoms with E-state index in [2.05, 4.69) is 10.2 Å². The number of hydrogen-bond acceptors (Lipinski definition) is 4. The Kier molecular flexibility index (Phi) is 3.41. The maximum absolute atomic E-state index is 5.58. The highest BCUT2D eigenvalue weighted by atomic mass is 35.5. The van der Waals surface area contributed by atoms with E-state index in [4.69, 9.17) is 20.8 Å². The fraction of sp³-hybridized carbons (Fsp3) is 0.273. The molecule has 0 fully saturated rings. The summed E-state index contributed by atoms with van der Waals surface area (Å²) in [4.78, 5) is 0. The number of halogens is 1. The molecule has 0 radical (unpaired) electrons. The molecule has 16 heavy (non-hydrogen) atoms. The van der Waals surface area contributed by atoms with Gasteiger partial charge in [-0.2, -0.15) is 0 Å². The first-order valence-electron chi connectivity index (χ1n) is 4.82. The summed E-state index contributed by atoms with van der Waals surface area (Å²) in [6.45, 7) is 0. The molecule has 0 aliphatic rings. The molecule has 0 amide bonds. The maximum Gasteiger partial charge on any atom is 0.231 e. The van der Waals surface area contributed by atoms with Crippen LogP contribution < -0.4 is 4.74 Å². The van der Waals surface area contributed by atoms with Crippen molar-refractivity contribution in [3.63, 3.8) is 0 Å². The van der Waals surface area contributed by atoms with Crippen molar-refractivity contribution in [2.24, 2.45) is 0 Å². The van der Waals surface area contributed by atoms with Crippen LogP contribution in [-0.2, 0) is 12.3 Å². The first kappa shape index (κ1) is 11.0. The Morgan fingerprint density at radius 2 is 2.00 bits per heavy atom. The Labute approximate surface area is 98.2 Å². The molecule has 0 saturated heterocycles. The summed E-state index contributed by atoms with van der Waals surface area (Å²) in [5, 5.41) is 7.70. The van der Waals surface area contributed by atoms with Gasteiger partial charge in [0.05, 0.1) is 13.5 Å². The Balaban J connectivity index is 2.19. The number of ether oxygens (including phenoxy) is 1. The van der Waals surface area contributed by atoms with Crippen LogP contribution in [0, 0.1) is 0 Å². The predicted octanol–water partition coefficient (Wildman–Crippen LogP) is 2.41. The molecule has 0 aliphatic heterocycles. The topological polar surface area (TPSA) is 48.2 Å². The minimum absolute atomic E-state index is 0.235. The standard InChI is InChI=1S/C11H11ClN2O2/c1-15-9-5-3-2-4-8(9)6-10-13-14-11(7-12)16-10/h2-5H,6-7H2,1H3. The summed E-state index contributed by atoms with van der Waals surface area (Å²) in [5.41, 5.74) is 1.01. The van der Waals surface area contributed by atoms with E-state index in [1.54, 1.807) is 7.11 Å². The van der Waals surface area contributed by atoms with Gasteiger partial charge in [0.2, 0.25) is 11.8 Å². The second kappa shape index (κ2) is 4.99. The lowest BCUT2D eigenvalue weighted by Crippen LogP contribution is -1.93. The monoisotopic (exact) mass is 238 g/mol. The number of aromatic nitrogens is 2. The SMILES string of the molecule is COc1ccccc1Cc1nnc(CCl)o1. The van der Waals surface area contributed by atoms with Gasteiger partial charge in [-0.3, -0.25) is 0 Å². The normalized spacial score (nSPS) is 10.4. The molecule has 1 heterocycles. The van der Waals surface area contributed by atoms with Gasteiger partial charge in [0.15, 0.2) is 0 Å². The summed E-state index contributed by atoms with van der Waals surface area (Å²) in [6.07, 6.45) is 0.550. The largest absolute Gasteiger partial charge is 0.496 e. The van der Waals surface area contributed by atoms with E-state index < -0.39 is 0 Å². The average Bonchev–Trinajstić information content (AvgIpc) is 2.77. The van der Waals surface area contributed by atoms with Crippen LogP contribution in [0.4, 0.5) is 0 Å². The van der Waals surface area contributed by atoms with Gasteiger partial charge in [-0.1, -0.05) is 18.2 Å². The Bertz CT molecular complexity index is 471. The fourth-order valence-electron chi connectivity index (χ4n) is 1.43. The Morgan fingerprint density at radius 3 is 2.69 bits per heavy atom. The molecule has 5 heteroatoms. The van der Waals surface area contributed by atoms with Crippen LogP contribution in [0.5, 0.6) is 5.75 Å². The van der Waals surface area contributed by atoms with Crippen molar-refractivity contribution in [3.05, 3.63) is 41.6 Å². The summed E-state index contributed by atoms with van der Waals surface area (Å²) < 4.78 is 10.6. The van der Waals surface area contributed by atoms with E-state index in [0.29, 0.717) is 18.2 Å². The van der Waals surface area contributed by atoms with Gasteiger partial charge in [-0.05, 0) is 6.07 Å². The zero-order valence-corrected chi connectivity index (χ0v) is 9.57. The Morgan fingerprint density at radius 1 is 1.25 bits per heavy atom. The van der Waals surface area contributed by atoms with Crippen LogP contribution in [0.25, 0.3) is 0 Å². The van der Waals surface area contributed by atoms with Crippen molar-refractivity contribution < 1.29 is 9.15 Å². The van der Waals surface area contributed by atoms with Crippen LogP contribution in [0.1, 0.15) is 17.3 Å². The van der Waals surface area contributed by atoms with Crippen LogP contribution in [-0.4, -0.2) is 17.3 Å². The number of hydrogen-bond donors (Lipinski definition) is 0. The summed E-state index contributed by atoms with van der Waals surface area (Å²) in [6, 6.07) is 7.72. The molecule has 2 rings (SSSR count). The van der Waals surface area contributed by atoms with E-state index in [1.165, 1.54) is 0 Å². The molecule has 1 aromatic carbocycles. The van der Waals surface area contributed by atoms with Crippen molar-refractivity contribution in [1.82, 2.24) is 10.2 Å². The number of benzene rings is 1. The van der Waals surface area contributed by atoms with Gasteiger partial charge < -0.3 is 9.15 Å². The number of rotatable bonds is 4. The minimum atomic E-state index is 0.235. The number of methoxy groups -OCH3 is 1. The first-order valence-corrected chi connectivity index (χ1v) is 5.36.